The molecule has 2 N–H and O–H groups in total. The van der Waals surface area contributed by atoms with Gasteiger partial charge < -0.3 is 15.2 Å². The number of nitrogens with two attached hydrogens (primary N) is 1. The molecule has 3 heterocycles. The summed E-state index contributed by atoms with van der Waals surface area (Å²) in [6, 6.07) is 17.6. The first kappa shape index (κ1) is 23.5. The first-order valence-corrected chi connectivity index (χ1v) is 12.7. The second-order valence-corrected chi connectivity index (χ2v) is 10.3. The molecule has 2 aromatic carbocycles. The molecule has 2 fully saturated rings. The van der Waals surface area contributed by atoms with E-state index in [2.05, 4.69) is 59.1 Å². The van der Waals surface area contributed by atoms with Crippen LogP contribution in [0.1, 0.15) is 42.4 Å². The lowest BCUT2D eigenvalue weighted by Gasteiger charge is -2.38. The van der Waals surface area contributed by atoms with E-state index in [4.69, 9.17) is 15.2 Å². The molecule has 184 valence electrons. The molecule has 7 heteroatoms. The average molecular weight is 474 g/mol. The predicted octanol–water partition coefficient (Wildman–Crippen LogP) is 4.34. The Bertz CT molecular complexity index is 1160. The average Bonchev–Trinajstić information content (AvgIpc) is 3.51. The van der Waals surface area contributed by atoms with Gasteiger partial charge in [-0.05, 0) is 63.1 Å². The van der Waals surface area contributed by atoms with Crippen LogP contribution in [-0.4, -0.2) is 46.6 Å². The summed E-state index contributed by atoms with van der Waals surface area (Å²) in [5, 5.41) is 4.28. The molecule has 0 radical (unpaired) electrons. The lowest BCUT2D eigenvalue weighted by Crippen LogP contribution is -2.47. The van der Waals surface area contributed by atoms with E-state index in [-0.39, 0.29) is 17.9 Å². The summed E-state index contributed by atoms with van der Waals surface area (Å²) in [6.07, 6.45) is 3.62. The van der Waals surface area contributed by atoms with E-state index in [1.807, 2.05) is 18.2 Å². The zero-order chi connectivity index (χ0) is 24.4. The topological polar surface area (TPSA) is 88.5 Å². The Morgan fingerprint density at radius 2 is 1.89 bits per heavy atom. The molecule has 0 spiro atoms. The first-order valence-electron chi connectivity index (χ1n) is 12.7. The lowest BCUT2D eigenvalue weighted by atomic mass is 9.85. The second kappa shape index (κ2) is 10.2. The number of nitrogens with zero attached hydrogens (tertiary/aromatic N) is 4. The number of aromatic nitrogens is 2. The Balaban J connectivity index is 1.28. The maximum Gasteiger partial charge on any atom is 0.324 e. The molecule has 35 heavy (non-hydrogen) atoms. The maximum absolute atomic E-state index is 12.0. The van der Waals surface area contributed by atoms with Crippen molar-refractivity contribution in [3.63, 3.8) is 0 Å². The van der Waals surface area contributed by atoms with Crippen LogP contribution in [0.15, 0.2) is 53.1 Å². The molecule has 3 unspecified atom stereocenters. The Morgan fingerprint density at radius 3 is 2.66 bits per heavy atom. The minimum absolute atomic E-state index is 0.0972. The van der Waals surface area contributed by atoms with Gasteiger partial charge in [-0.25, -0.2) is 0 Å². The van der Waals surface area contributed by atoms with Crippen LogP contribution in [0.4, 0.5) is 6.01 Å². The zero-order valence-electron chi connectivity index (χ0n) is 20.7. The van der Waals surface area contributed by atoms with Gasteiger partial charge in [0, 0.05) is 37.2 Å². The van der Waals surface area contributed by atoms with Gasteiger partial charge >= 0.3 is 6.01 Å². The minimum atomic E-state index is -0.201. The van der Waals surface area contributed by atoms with E-state index < -0.39 is 0 Å². The highest BCUT2D eigenvalue weighted by Gasteiger charge is 2.36. The molecule has 1 aromatic heterocycles. The van der Waals surface area contributed by atoms with Crippen LogP contribution in [0.2, 0.25) is 0 Å². The van der Waals surface area contributed by atoms with Crippen molar-refractivity contribution in [2.45, 2.75) is 52.1 Å². The number of piperidine rings is 1. The van der Waals surface area contributed by atoms with Crippen molar-refractivity contribution in [1.82, 2.24) is 15.0 Å². The fourth-order valence-electron chi connectivity index (χ4n) is 5.64. The van der Waals surface area contributed by atoms with Crippen LogP contribution < -0.4 is 10.6 Å². The second-order valence-electron chi connectivity index (χ2n) is 10.3. The van der Waals surface area contributed by atoms with Crippen molar-refractivity contribution in [1.29, 1.82) is 0 Å². The molecule has 3 aromatic rings. The van der Waals surface area contributed by atoms with Crippen molar-refractivity contribution in [3.05, 3.63) is 65.2 Å². The molecule has 1 amide bonds. The third-order valence-electron chi connectivity index (χ3n) is 7.67. The standard InChI is InChI=1S/C28H35N5O2/c1-19-7-9-21(10-8-19)17-32-13-11-22(18-32)15-24-16-23(26(29)34)12-14-33(24)28-30-27(31-35-28)25-6-4-3-5-20(25)2/h3-10,22-24H,11-18H2,1-2H3,(H2,29,34). The van der Waals surface area contributed by atoms with Gasteiger partial charge in [0.1, 0.15) is 0 Å². The van der Waals surface area contributed by atoms with Crippen molar-refractivity contribution in [2.24, 2.45) is 17.6 Å². The summed E-state index contributed by atoms with van der Waals surface area (Å²) in [5.74, 6) is 0.880. The number of carbonyl (C=O) groups excluding carboxylic acids is 1. The highest BCUT2D eigenvalue weighted by atomic mass is 16.5. The Hall–Kier alpha value is -3.19. The van der Waals surface area contributed by atoms with Crippen molar-refractivity contribution in [2.75, 3.05) is 24.5 Å². The van der Waals surface area contributed by atoms with Gasteiger partial charge in [-0.1, -0.05) is 59.3 Å². The van der Waals surface area contributed by atoms with E-state index in [1.54, 1.807) is 0 Å². The molecule has 0 aliphatic carbocycles. The number of anilines is 1. The molecule has 0 bridgehead atoms. The van der Waals surface area contributed by atoms with Crippen LogP contribution in [0.3, 0.4) is 0 Å². The van der Waals surface area contributed by atoms with E-state index in [0.717, 1.165) is 56.4 Å². The molecule has 2 saturated heterocycles. The molecule has 2 aliphatic rings. The fraction of sp³-hybridized carbons (Fsp3) is 0.464. The smallest absolute Gasteiger partial charge is 0.324 e. The van der Waals surface area contributed by atoms with Gasteiger partial charge in [0.2, 0.25) is 11.7 Å². The minimum Gasteiger partial charge on any atom is -0.369 e. The highest BCUT2D eigenvalue weighted by Crippen LogP contribution is 2.34. The van der Waals surface area contributed by atoms with Crippen LogP contribution in [0.25, 0.3) is 11.4 Å². The number of aryl methyl sites for hydroxylation is 2. The third-order valence-corrected chi connectivity index (χ3v) is 7.67. The van der Waals surface area contributed by atoms with E-state index in [0.29, 0.717) is 24.3 Å². The Morgan fingerprint density at radius 1 is 1.09 bits per heavy atom. The molecular formula is C28H35N5O2. The van der Waals surface area contributed by atoms with E-state index in [9.17, 15) is 4.79 Å². The summed E-state index contributed by atoms with van der Waals surface area (Å²) in [6.45, 7) is 8.03. The van der Waals surface area contributed by atoms with Gasteiger partial charge in [-0.2, -0.15) is 4.98 Å². The van der Waals surface area contributed by atoms with Crippen molar-refractivity contribution in [3.8, 4) is 11.4 Å². The van der Waals surface area contributed by atoms with Crippen LogP contribution in [0, 0.1) is 25.7 Å². The number of amides is 1. The number of hydrogen-bond donors (Lipinski definition) is 1. The van der Waals surface area contributed by atoms with Gasteiger partial charge in [-0.3, -0.25) is 9.69 Å². The maximum atomic E-state index is 12.0. The zero-order valence-corrected chi connectivity index (χ0v) is 20.7. The largest absolute Gasteiger partial charge is 0.369 e. The number of likely N-dealkylation sites (tertiary alicyclic amines) is 1. The number of carbonyl (C=O) groups is 1. The Labute approximate surface area is 207 Å². The molecule has 7 nitrogen and oxygen atoms in total. The third kappa shape index (κ3) is 5.40. The molecular weight excluding hydrogens is 438 g/mol. The van der Waals surface area contributed by atoms with E-state index in [1.165, 1.54) is 11.1 Å². The normalized spacial score (nSPS) is 23.0. The monoisotopic (exact) mass is 473 g/mol. The molecule has 5 rings (SSSR count). The van der Waals surface area contributed by atoms with Crippen molar-refractivity contribution < 1.29 is 9.32 Å². The summed E-state index contributed by atoms with van der Waals surface area (Å²) >= 11 is 0. The number of rotatable bonds is 7. The summed E-state index contributed by atoms with van der Waals surface area (Å²) in [4.78, 5) is 21.5. The first-order chi connectivity index (χ1) is 17.0. The highest BCUT2D eigenvalue weighted by molar-refractivity contribution is 5.77. The Kier molecular flexibility index (Phi) is 6.86. The quantitative estimate of drug-likeness (QED) is 0.549. The van der Waals surface area contributed by atoms with Crippen LogP contribution in [0.5, 0.6) is 0 Å². The van der Waals surface area contributed by atoms with Gasteiger partial charge in [0.25, 0.3) is 0 Å². The van der Waals surface area contributed by atoms with Crippen LogP contribution in [-0.2, 0) is 11.3 Å². The summed E-state index contributed by atoms with van der Waals surface area (Å²) < 4.78 is 5.75. The predicted molar refractivity (Wildman–Crippen MR) is 137 cm³/mol. The summed E-state index contributed by atoms with van der Waals surface area (Å²) in [7, 11) is 0. The van der Waals surface area contributed by atoms with Gasteiger partial charge in [0.05, 0.1) is 0 Å². The summed E-state index contributed by atoms with van der Waals surface area (Å²) in [5.41, 5.74) is 10.5. The van der Waals surface area contributed by atoms with Gasteiger partial charge in [-0.15, -0.1) is 0 Å². The van der Waals surface area contributed by atoms with E-state index >= 15 is 0 Å². The van der Waals surface area contributed by atoms with Crippen LogP contribution >= 0.6 is 0 Å². The molecule has 3 atom stereocenters. The lowest BCUT2D eigenvalue weighted by molar-refractivity contribution is -0.122. The molecule has 0 saturated carbocycles. The fourth-order valence-corrected chi connectivity index (χ4v) is 5.64. The SMILES string of the molecule is Cc1ccc(CN2CCC(CC3CC(C(N)=O)CCN3c3nc(-c4ccccc4C)no3)C2)cc1. The van der Waals surface area contributed by atoms with Crippen molar-refractivity contribution >= 4 is 11.9 Å². The molecule has 2 aliphatic heterocycles. The number of primary amides is 1. The number of benzene rings is 2. The van der Waals surface area contributed by atoms with Gasteiger partial charge in [0.15, 0.2) is 0 Å². The number of hydrogen-bond acceptors (Lipinski definition) is 6.